The van der Waals surface area contributed by atoms with E-state index >= 15 is 0 Å². The predicted molar refractivity (Wildman–Crippen MR) is 113 cm³/mol. The molecule has 0 aliphatic carbocycles. The van der Waals surface area contributed by atoms with Gasteiger partial charge in [0.2, 0.25) is 5.91 Å². The molecule has 0 aromatic rings. The van der Waals surface area contributed by atoms with Crippen LogP contribution in [0.2, 0.25) is 0 Å². The van der Waals surface area contributed by atoms with E-state index in [0.29, 0.717) is 13.0 Å². The minimum atomic E-state index is -5.08. The Bertz CT molecular complexity index is 799. The number of nitrogens with zero attached hydrogens (tertiary/aromatic N) is 3. The zero-order valence-corrected chi connectivity index (χ0v) is 19.9. The number of aliphatic carboxylic acids is 2. The number of carbonyl (C=O) groups is 4. The van der Waals surface area contributed by atoms with Crippen LogP contribution in [0.3, 0.4) is 0 Å². The molecule has 9 nitrogen and oxygen atoms in total. The second kappa shape index (κ2) is 11.9. The van der Waals surface area contributed by atoms with Crippen molar-refractivity contribution in [1.82, 2.24) is 14.7 Å². The molecule has 0 spiro atoms. The van der Waals surface area contributed by atoms with Crippen LogP contribution >= 0.6 is 0 Å². The Morgan fingerprint density at radius 2 is 1.55 bits per heavy atom. The van der Waals surface area contributed by atoms with Crippen LogP contribution in [-0.2, 0) is 19.2 Å². The Morgan fingerprint density at radius 3 is 1.91 bits per heavy atom. The highest BCUT2D eigenvalue weighted by Crippen LogP contribution is 2.21. The van der Waals surface area contributed by atoms with E-state index in [9.17, 15) is 32.7 Å². The number of carbonyl (C=O) groups excluding carboxylic acids is 2. The van der Waals surface area contributed by atoms with E-state index < -0.39 is 29.7 Å². The third-order valence-corrected chi connectivity index (χ3v) is 5.31. The second-order valence-corrected chi connectivity index (χ2v) is 8.72. The third kappa shape index (κ3) is 9.29. The fourth-order valence-corrected chi connectivity index (χ4v) is 2.87. The number of likely N-dealkylation sites (tertiary alicyclic amines) is 1. The Balaban J connectivity index is 0.00000126. The van der Waals surface area contributed by atoms with Gasteiger partial charge in [0.05, 0.1) is 11.5 Å². The van der Waals surface area contributed by atoms with Crippen LogP contribution in [0.1, 0.15) is 34.1 Å². The van der Waals surface area contributed by atoms with Crippen LogP contribution in [0, 0.1) is 23.7 Å². The van der Waals surface area contributed by atoms with Crippen molar-refractivity contribution < 1.29 is 42.6 Å². The van der Waals surface area contributed by atoms with Gasteiger partial charge in [-0.25, -0.2) is 9.59 Å². The van der Waals surface area contributed by atoms with Crippen molar-refractivity contribution in [3.8, 4) is 11.8 Å². The maximum absolute atomic E-state index is 12.7. The highest BCUT2D eigenvalue weighted by Gasteiger charge is 2.38. The largest absolute Gasteiger partial charge is 0.490 e. The van der Waals surface area contributed by atoms with Gasteiger partial charge < -0.3 is 20.0 Å². The van der Waals surface area contributed by atoms with E-state index in [1.54, 1.807) is 18.7 Å². The Morgan fingerprint density at radius 1 is 1.06 bits per heavy atom. The highest BCUT2D eigenvalue weighted by atomic mass is 19.4. The summed E-state index contributed by atoms with van der Waals surface area (Å²) in [5.74, 6) is 0.756. The zero-order valence-electron chi connectivity index (χ0n) is 19.9. The molecule has 2 amide bonds. The lowest BCUT2D eigenvalue weighted by Gasteiger charge is -2.29. The summed E-state index contributed by atoms with van der Waals surface area (Å²) < 4.78 is 31.7. The van der Waals surface area contributed by atoms with Crippen molar-refractivity contribution >= 4 is 23.8 Å². The van der Waals surface area contributed by atoms with Crippen LogP contribution < -0.4 is 0 Å². The predicted octanol–water partition coefficient (Wildman–Crippen LogP) is 1.38. The molecule has 1 aliphatic rings. The number of rotatable bonds is 5. The van der Waals surface area contributed by atoms with E-state index in [1.165, 1.54) is 11.9 Å². The summed E-state index contributed by atoms with van der Waals surface area (Å²) in [5, 5.41) is 16.5. The van der Waals surface area contributed by atoms with Crippen LogP contribution in [0.5, 0.6) is 0 Å². The van der Waals surface area contributed by atoms with E-state index in [-0.39, 0.29) is 30.2 Å². The lowest BCUT2D eigenvalue weighted by atomic mass is 10.0. The molecule has 0 aromatic heterocycles. The molecule has 188 valence electrons. The fourth-order valence-electron chi connectivity index (χ4n) is 2.87. The van der Waals surface area contributed by atoms with Gasteiger partial charge in [-0.1, -0.05) is 19.8 Å². The lowest BCUT2D eigenvalue weighted by molar-refractivity contribution is -0.192. The van der Waals surface area contributed by atoms with E-state index in [4.69, 9.17) is 9.90 Å². The Hall–Kier alpha value is -2.81. The van der Waals surface area contributed by atoms with Gasteiger partial charge in [-0.2, -0.15) is 13.2 Å². The molecule has 0 aromatic carbocycles. The summed E-state index contributed by atoms with van der Waals surface area (Å²) in [7, 11) is 5.31. The Labute approximate surface area is 191 Å². The van der Waals surface area contributed by atoms with Gasteiger partial charge in [-0.15, -0.1) is 0 Å². The highest BCUT2D eigenvalue weighted by molar-refractivity contribution is 5.94. The molecule has 0 bridgehead atoms. The molecular weight excluding hydrogens is 447 g/mol. The number of carboxylic acid groups (broad SMARTS) is 2. The SMILES string of the molecule is CC(C)[C@@H](C(=O)O)N(C)C(=O)[C@H]1CCN(C(=O)C#CC(C)(C)N(C)C)C1.O=C(O)C(F)(F)F. The van der Waals surface area contributed by atoms with Crippen molar-refractivity contribution in [2.45, 2.75) is 51.9 Å². The van der Waals surface area contributed by atoms with Crippen LogP contribution in [0.25, 0.3) is 0 Å². The molecule has 33 heavy (non-hydrogen) atoms. The first-order valence-electron chi connectivity index (χ1n) is 10.1. The number of hydrogen-bond acceptors (Lipinski definition) is 5. The van der Waals surface area contributed by atoms with Gasteiger partial charge in [0.25, 0.3) is 5.91 Å². The summed E-state index contributed by atoms with van der Waals surface area (Å²) in [6, 6.07) is -0.868. The molecule has 1 heterocycles. The molecule has 1 aliphatic heterocycles. The smallest absolute Gasteiger partial charge is 0.480 e. The van der Waals surface area contributed by atoms with Crippen molar-refractivity contribution in [3.05, 3.63) is 0 Å². The van der Waals surface area contributed by atoms with E-state index in [2.05, 4.69) is 11.8 Å². The number of carboxylic acids is 2. The topological polar surface area (TPSA) is 118 Å². The van der Waals surface area contributed by atoms with Crippen molar-refractivity contribution in [1.29, 1.82) is 0 Å². The van der Waals surface area contributed by atoms with E-state index in [0.717, 1.165) is 0 Å². The van der Waals surface area contributed by atoms with Gasteiger partial charge in [0.15, 0.2) is 0 Å². The van der Waals surface area contributed by atoms with Gasteiger partial charge in [-0.05, 0) is 46.2 Å². The molecule has 0 radical (unpaired) electrons. The molecule has 1 saturated heterocycles. The minimum absolute atomic E-state index is 0.195. The van der Waals surface area contributed by atoms with Gasteiger partial charge in [0, 0.05) is 20.1 Å². The first-order valence-corrected chi connectivity index (χ1v) is 10.1. The maximum Gasteiger partial charge on any atom is 0.490 e. The summed E-state index contributed by atoms with van der Waals surface area (Å²) in [6.07, 6.45) is -4.56. The molecule has 12 heteroatoms. The van der Waals surface area contributed by atoms with Gasteiger partial charge >= 0.3 is 18.1 Å². The third-order valence-electron chi connectivity index (χ3n) is 5.31. The summed E-state index contributed by atoms with van der Waals surface area (Å²) in [6.45, 7) is 8.14. The number of likely N-dealkylation sites (N-methyl/N-ethyl adjacent to an activating group) is 1. The van der Waals surface area contributed by atoms with Crippen molar-refractivity contribution in [2.75, 3.05) is 34.2 Å². The maximum atomic E-state index is 12.7. The van der Waals surface area contributed by atoms with Gasteiger partial charge in [0.1, 0.15) is 6.04 Å². The molecule has 0 saturated carbocycles. The van der Waals surface area contributed by atoms with Crippen LogP contribution in [0.4, 0.5) is 13.2 Å². The average molecular weight is 479 g/mol. The summed E-state index contributed by atoms with van der Waals surface area (Å²) >= 11 is 0. The molecule has 2 N–H and O–H groups in total. The number of amides is 2. The standard InChI is InChI=1S/C19H31N3O4.C2HF3O2/c1-13(2)16(18(25)26)21(7)17(24)14-9-11-22(12-14)15(23)8-10-19(3,4)20(5)6;3-2(4,5)1(6)7/h13-14,16H,9,11-12H2,1-7H3,(H,25,26);(H,6,7)/t14-,16-;/m0./s1. The molecule has 0 unspecified atom stereocenters. The van der Waals surface area contributed by atoms with Crippen molar-refractivity contribution in [2.24, 2.45) is 11.8 Å². The van der Waals surface area contributed by atoms with Gasteiger partial charge in [-0.3, -0.25) is 14.5 Å². The zero-order chi connectivity index (χ0) is 26.3. The Kier molecular flexibility index (Phi) is 10.9. The quantitative estimate of drug-likeness (QED) is 0.572. The molecule has 1 rings (SSSR count). The average Bonchev–Trinajstić information content (AvgIpc) is 3.14. The van der Waals surface area contributed by atoms with Crippen LogP contribution in [0.15, 0.2) is 0 Å². The van der Waals surface area contributed by atoms with Crippen molar-refractivity contribution in [3.63, 3.8) is 0 Å². The molecule has 1 fully saturated rings. The van der Waals surface area contributed by atoms with Crippen LogP contribution in [-0.4, -0.2) is 101 Å². The normalized spacial score (nSPS) is 17.0. The number of halogens is 3. The molecule has 2 atom stereocenters. The number of alkyl halides is 3. The monoisotopic (exact) mass is 479 g/mol. The summed E-state index contributed by atoms with van der Waals surface area (Å²) in [4.78, 5) is 50.1. The summed E-state index contributed by atoms with van der Waals surface area (Å²) in [5.41, 5.74) is -0.420. The fraction of sp³-hybridized carbons (Fsp3) is 0.714. The minimum Gasteiger partial charge on any atom is -0.480 e. The second-order valence-electron chi connectivity index (χ2n) is 8.72. The first kappa shape index (κ1) is 30.2. The lowest BCUT2D eigenvalue weighted by Crippen LogP contribution is -2.48. The molecular formula is C21H32F3N3O6. The van der Waals surface area contributed by atoms with E-state index in [1.807, 2.05) is 32.8 Å². The number of hydrogen-bond donors (Lipinski definition) is 2. The first-order chi connectivity index (χ1) is 14.8.